The molecule has 1 aliphatic carbocycles. The molecule has 1 N–H and O–H groups in total. The van der Waals surface area contributed by atoms with Crippen LogP contribution in [0, 0.1) is 12.8 Å². The van der Waals surface area contributed by atoms with Crippen LogP contribution in [0.1, 0.15) is 12.0 Å². The van der Waals surface area contributed by atoms with E-state index in [1.165, 1.54) is 0 Å². The molecule has 0 bridgehead atoms. The highest BCUT2D eigenvalue weighted by Gasteiger charge is 2.56. The fraction of sp³-hybridized carbons (Fsp3) is 0.364. The molecule has 2 nitrogen and oxygen atoms in total. The topological polar surface area (TPSA) is 29.1 Å². The van der Waals surface area contributed by atoms with E-state index < -0.39 is 4.33 Å². The Morgan fingerprint density at radius 3 is 2.62 bits per heavy atom. The van der Waals surface area contributed by atoms with Gasteiger partial charge in [0.25, 0.3) is 0 Å². The Bertz CT molecular complexity index is 445. The molecule has 1 amide bonds. The van der Waals surface area contributed by atoms with Crippen molar-refractivity contribution in [2.24, 2.45) is 5.92 Å². The average Bonchev–Trinajstić information content (AvgIpc) is 2.82. The standard InChI is InChI=1S/C11H10Cl3NO/c1-6-2-3-7(4-9(6)12)15-10(16)8-5-11(8,13)14/h2-4,8H,5H2,1H3,(H,15,16). The van der Waals surface area contributed by atoms with Gasteiger partial charge in [-0.25, -0.2) is 0 Å². The van der Waals surface area contributed by atoms with Crippen LogP contribution in [0.25, 0.3) is 0 Å². The molecule has 0 spiro atoms. The van der Waals surface area contributed by atoms with Gasteiger partial charge in [-0.3, -0.25) is 4.79 Å². The smallest absolute Gasteiger partial charge is 0.230 e. The monoisotopic (exact) mass is 277 g/mol. The van der Waals surface area contributed by atoms with Crippen LogP contribution in [0.4, 0.5) is 5.69 Å². The maximum Gasteiger partial charge on any atom is 0.230 e. The minimum Gasteiger partial charge on any atom is -0.326 e. The summed E-state index contributed by atoms with van der Waals surface area (Å²) in [5.41, 5.74) is 1.63. The van der Waals surface area contributed by atoms with Crippen molar-refractivity contribution in [1.82, 2.24) is 0 Å². The van der Waals surface area contributed by atoms with Crippen molar-refractivity contribution in [3.63, 3.8) is 0 Å². The number of halogens is 3. The first kappa shape index (κ1) is 12.0. The number of hydrogen-bond acceptors (Lipinski definition) is 1. The molecule has 5 heteroatoms. The Balaban J connectivity index is 2.05. The molecule has 1 fully saturated rings. The van der Waals surface area contributed by atoms with Gasteiger partial charge in [0.1, 0.15) is 4.33 Å². The van der Waals surface area contributed by atoms with Gasteiger partial charge in [0.05, 0.1) is 5.92 Å². The molecule has 86 valence electrons. The third-order valence-electron chi connectivity index (χ3n) is 2.58. The van der Waals surface area contributed by atoms with E-state index in [-0.39, 0.29) is 11.8 Å². The fourth-order valence-corrected chi connectivity index (χ4v) is 2.09. The van der Waals surface area contributed by atoms with E-state index >= 15 is 0 Å². The molecular formula is C11H10Cl3NO. The summed E-state index contributed by atoms with van der Waals surface area (Å²) in [5, 5.41) is 3.36. The molecule has 16 heavy (non-hydrogen) atoms. The maximum absolute atomic E-state index is 11.7. The fourth-order valence-electron chi connectivity index (χ4n) is 1.40. The van der Waals surface area contributed by atoms with E-state index in [1.54, 1.807) is 12.1 Å². The summed E-state index contributed by atoms with van der Waals surface area (Å²) >= 11 is 17.6. The molecule has 0 radical (unpaired) electrons. The van der Waals surface area contributed by atoms with Crippen LogP contribution in [0.2, 0.25) is 5.02 Å². The first-order chi connectivity index (χ1) is 7.40. The van der Waals surface area contributed by atoms with Crippen LogP contribution in [0.15, 0.2) is 18.2 Å². The van der Waals surface area contributed by atoms with E-state index in [4.69, 9.17) is 34.8 Å². The molecule has 1 aromatic carbocycles. The first-order valence-electron chi connectivity index (χ1n) is 4.85. The Hall–Kier alpha value is -0.440. The lowest BCUT2D eigenvalue weighted by atomic mass is 10.2. The van der Waals surface area contributed by atoms with Crippen LogP contribution in [0.3, 0.4) is 0 Å². The second-order valence-corrected chi connectivity index (χ2v) is 5.92. The second kappa shape index (κ2) is 4.10. The number of aryl methyl sites for hydroxylation is 1. The minimum absolute atomic E-state index is 0.162. The van der Waals surface area contributed by atoms with E-state index in [0.717, 1.165) is 5.56 Å². The van der Waals surface area contributed by atoms with Gasteiger partial charge in [0.2, 0.25) is 5.91 Å². The molecule has 0 saturated heterocycles. The molecule has 2 rings (SSSR count). The highest BCUT2D eigenvalue weighted by Crippen LogP contribution is 2.53. The van der Waals surface area contributed by atoms with Gasteiger partial charge >= 0.3 is 0 Å². The highest BCUT2D eigenvalue weighted by atomic mass is 35.5. The predicted molar refractivity (Wildman–Crippen MR) is 67.4 cm³/mol. The van der Waals surface area contributed by atoms with Gasteiger partial charge < -0.3 is 5.32 Å². The van der Waals surface area contributed by atoms with Gasteiger partial charge in [-0.1, -0.05) is 17.7 Å². The summed E-state index contributed by atoms with van der Waals surface area (Å²) < 4.78 is -0.890. The van der Waals surface area contributed by atoms with Crippen molar-refractivity contribution in [2.45, 2.75) is 17.7 Å². The molecule has 1 atom stereocenters. The van der Waals surface area contributed by atoms with Crippen LogP contribution in [-0.2, 0) is 4.79 Å². The maximum atomic E-state index is 11.7. The van der Waals surface area contributed by atoms with E-state index in [0.29, 0.717) is 17.1 Å². The Labute approximate surface area is 109 Å². The summed E-state index contributed by atoms with van der Waals surface area (Å²) in [6.07, 6.45) is 0.502. The van der Waals surface area contributed by atoms with Gasteiger partial charge in [-0.15, -0.1) is 23.2 Å². The zero-order valence-corrected chi connectivity index (χ0v) is 10.8. The second-order valence-electron chi connectivity index (χ2n) is 3.97. The van der Waals surface area contributed by atoms with Crippen molar-refractivity contribution in [2.75, 3.05) is 5.32 Å². The van der Waals surface area contributed by atoms with Crippen LogP contribution in [-0.4, -0.2) is 10.2 Å². The number of anilines is 1. The number of hydrogen-bond donors (Lipinski definition) is 1. The molecule has 0 aromatic heterocycles. The minimum atomic E-state index is -0.890. The molecule has 1 aliphatic rings. The number of amides is 1. The van der Waals surface area contributed by atoms with Gasteiger partial charge in [0.15, 0.2) is 0 Å². The lowest BCUT2D eigenvalue weighted by Gasteiger charge is -2.06. The first-order valence-corrected chi connectivity index (χ1v) is 5.98. The lowest BCUT2D eigenvalue weighted by Crippen LogP contribution is -2.16. The van der Waals surface area contributed by atoms with Crippen LogP contribution in [0.5, 0.6) is 0 Å². The van der Waals surface area contributed by atoms with Crippen LogP contribution < -0.4 is 5.32 Å². The number of carbonyl (C=O) groups is 1. The lowest BCUT2D eigenvalue weighted by molar-refractivity contribution is -0.117. The van der Waals surface area contributed by atoms with Crippen molar-refractivity contribution >= 4 is 46.4 Å². The Kier molecular flexibility index (Phi) is 3.08. The van der Waals surface area contributed by atoms with E-state index in [1.807, 2.05) is 13.0 Å². The van der Waals surface area contributed by atoms with Gasteiger partial charge in [-0.05, 0) is 31.0 Å². The van der Waals surface area contributed by atoms with Gasteiger partial charge in [-0.2, -0.15) is 0 Å². The zero-order valence-electron chi connectivity index (χ0n) is 8.56. The number of benzene rings is 1. The highest BCUT2D eigenvalue weighted by molar-refractivity contribution is 6.52. The van der Waals surface area contributed by atoms with Gasteiger partial charge in [0, 0.05) is 10.7 Å². The van der Waals surface area contributed by atoms with Crippen molar-refractivity contribution in [3.05, 3.63) is 28.8 Å². The average molecular weight is 279 g/mol. The van der Waals surface area contributed by atoms with E-state index in [2.05, 4.69) is 5.32 Å². The summed E-state index contributed by atoms with van der Waals surface area (Å²) in [7, 11) is 0. The van der Waals surface area contributed by atoms with E-state index in [9.17, 15) is 4.79 Å². The number of carbonyl (C=O) groups excluding carboxylic acids is 1. The molecule has 1 saturated carbocycles. The molecule has 1 aromatic rings. The van der Waals surface area contributed by atoms with Crippen molar-refractivity contribution in [1.29, 1.82) is 0 Å². The normalized spacial score (nSPS) is 21.6. The molecule has 0 heterocycles. The number of nitrogens with one attached hydrogen (secondary N) is 1. The Morgan fingerprint density at radius 2 is 2.12 bits per heavy atom. The Morgan fingerprint density at radius 1 is 1.50 bits per heavy atom. The number of alkyl halides is 2. The zero-order chi connectivity index (χ0) is 11.9. The van der Waals surface area contributed by atoms with Crippen molar-refractivity contribution < 1.29 is 4.79 Å². The quantitative estimate of drug-likeness (QED) is 0.820. The molecule has 0 aliphatic heterocycles. The molecular weight excluding hydrogens is 268 g/mol. The predicted octanol–water partition coefficient (Wildman–Crippen LogP) is 3.78. The summed E-state index contributed by atoms with van der Waals surface area (Å²) in [6.45, 7) is 1.90. The summed E-state index contributed by atoms with van der Waals surface area (Å²) in [5.74, 6) is -0.485. The SMILES string of the molecule is Cc1ccc(NC(=O)C2CC2(Cl)Cl)cc1Cl. The van der Waals surface area contributed by atoms with Crippen LogP contribution >= 0.6 is 34.8 Å². The summed E-state index contributed by atoms with van der Waals surface area (Å²) in [4.78, 5) is 11.7. The summed E-state index contributed by atoms with van der Waals surface area (Å²) in [6, 6.07) is 5.35. The number of rotatable bonds is 2. The largest absolute Gasteiger partial charge is 0.326 e. The van der Waals surface area contributed by atoms with Crippen molar-refractivity contribution in [3.8, 4) is 0 Å². The third kappa shape index (κ3) is 2.45. The molecule has 1 unspecified atom stereocenters. The third-order valence-corrected chi connectivity index (χ3v) is 3.82.